The van der Waals surface area contributed by atoms with Gasteiger partial charge in [-0.05, 0) is 59.5 Å². The van der Waals surface area contributed by atoms with Crippen molar-refractivity contribution < 1.29 is 62.1 Å². The minimum Gasteiger partial charge on any atom is -0.497 e. The third-order valence-corrected chi connectivity index (χ3v) is 22.5. The lowest BCUT2D eigenvalue weighted by Crippen LogP contribution is -2.57. The Hall–Kier alpha value is -3.52. The number of carboxylic acid groups (broad SMARTS) is 1. The van der Waals surface area contributed by atoms with Crippen molar-refractivity contribution in [1.29, 1.82) is 0 Å². The van der Waals surface area contributed by atoms with Crippen molar-refractivity contribution >= 4 is 22.6 Å². The van der Waals surface area contributed by atoms with E-state index in [-0.39, 0.29) is 39.5 Å². The molecular formula is C45H64O13Si2. The molecule has 9 unspecified atom stereocenters. The lowest BCUT2D eigenvalue weighted by Gasteiger charge is -2.45. The lowest BCUT2D eigenvalue weighted by molar-refractivity contribution is -0.323. The first kappa shape index (κ1) is 46.0. The number of methoxy groups -OCH3 is 3. The molecule has 6 rings (SSSR count). The molecule has 1 saturated heterocycles. The Bertz CT molecular complexity index is 1980. The molecule has 13 nitrogen and oxygen atoms in total. The predicted molar refractivity (Wildman–Crippen MR) is 230 cm³/mol. The van der Waals surface area contributed by atoms with Crippen LogP contribution >= 0.6 is 0 Å². The second-order valence-corrected chi connectivity index (χ2v) is 28.7. The van der Waals surface area contributed by atoms with E-state index in [1.807, 2.05) is 6.07 Å². The molecule has 3 aromatic rings. The van der Waals surface area contributed by atoms with Gasteiger partial charge < -0.3 is 57.3 Å². The zero-order chi connectivity index (χ0) is 44.2. The Morgan fingerprint density at radius 3 is 2.05 bits per heavy atom. The summed E-state index contributed by atoms with van der Waals surface area (Å²) in [5.41, 5.74) is -3.14. The van der Waals surface area contributed by atoms with Crippen LogP contribution in [0.25, 0.3) is 0 Å². The second kappa shape index (κ2) is 16.6. The average molecular weight is 869 g/mol. The third-order valence-electron chi connectivity index (χ3n) is 13.5. The van der Waals surface area contributed by atoms with E-state index in [0.717, 1.165) is 0 Å². The first-order valence-electron chi connectivity index (χ1n) is 20.5. The number of aliphatic hydroxyl groups is 2. The molecule has 2 aliphatic heterocycles. The van der Waals surface area contributed by atoms with Crippen LogP contribution in [0.5, 0.6) is 23.0 Å². The van der Waals surface area contributed by atoms with Crippen molar-refractivity contribution in [3.05, 3.63) is 83.4 Å². The van der Waals surface area contributed by atoms with Gasteiger partial charge in [0, 0.05) is 25.2 Å². The smallest absolute Gasteiger partial charge is 0.310 e. The third kappa shape index (κ3) is 7.90. The standard InChI is InChI=1S/C45H64O13Si2/c1-42(2,3)59(10,11)54-26-34(58-60(12,13)43(4,5)6)33-25-53-40(52-9)41(56-33)55-30-23-31(51-8)37-32(24-30)57-45(28-19-21-29(50-7)22-20-28)36(27-17-15-14-16-18-27)35(39(47)48)38(46)44(37,45)49/h14-24,33-36,38,40-41,46,49H,25-26H2,1-13H3,(H,47,48). The van der Waals surface area contributed by atoms with Crippen LogP contribution in [0.4, 0.5) is 0 Å². The molecule has 330 valence electrons. The van der Waals surface area contributed by atoms with Crippen LogP contribution in [-0.4, -0.2) is 103 Å². The average Bonchev–Trinajstić information content (AvgIpc) is 3.57. The van der Waals surface area contributed by atoms with Gasteiger partial charge in [0.1, 0.15) is 35.2 Å². The molecule has 0 amide bonds. The summed E-state index contributed by atoms with van der Waals surface area (Å²) in [6.07, 6.45) is -4.97. The van der Waals surface area contributed by atoms with Crippen molar-refractivity contribution in [2.24, 2.45) is 5.92 Å². The Kier molecular flexibility index (Phi) is 12.8. The number of benzene rings is 3. The number of ether oxygens (including phenoxy) is 7. The van der Waals surface area contributed by atoms with Crippen molar-refractivity contribution in [2.75, 3.05) is 34.5 Å². The van der Waals surface area contributed by atoms with Gasteiger partial charge in [0.15, 0.2) is 27.8 Å². The summed E-state index contributed by atoms with van der Waals surface area (Å²) in [5.74, 6) is -2.88. The number of fused-ring (bicyclic) bond motifs is 3. The van der Waals surface area contributed by atoms with Gasteiger partial charge in [-0.25, -0.2) is 0 Å². The molecule has 0 radical (unpaired) electrons. The molecule has 0 aromatic heterocycles. The monoisotopic (exact) mass is 868 g/mol. The first-order chi connectivity index (χ1) is 28.0. The maximum absolute atomic E-state index is 13.2. The van der Waals surface area contributed by atoms with E-state index < -0.39 is 76.5 Å². The van der Waals surface area contributed by atoms with Gasteiger partial charge in [0.25, 0.3) is 6.29 Å². The number of aliphatic hydroxyl groups excluding tert-OH is 1. The van der Waals surface area contributed by atoms with Gasteiger partial charge >= 0.3 is 5.97 Å². The molecule has 0 spiro atoms. The molecule has 9 atom stereocenters. The minimum atomic E-state index is -2.34. The second-order valence-electron chi connectivity index (χ2n) is 19.1. The number of aliphatic carboxylic acids is 1. The van der Waals surface area contributed by atoms with Gasteiger partial charge in [0.05, 0.1) is 45.0 Å². The van der Waals surface area contributed by atoms with E-state index in [9.17, 15) is 20.1 Å². The molecule has 60 heavy (non-hydrogen) atoms. The quantitative estimate of drug-likeness (QED) is 0.137. The van der Waals surface area contributed by atoms with Crippen molar-refractivity contribution in [1.82, 2.24) is 0 Å². The molecule has 2 heterocycles. The van der Waals surface area contributed by atoms with E-state index in [4.69, 9.17) is 42.0 Å². The highest BCUT2D eigenvalue weighted by Gasteiger charge is 2.78. The molecule has 15 heteroatoms. The molecule has 1 saturated carbocycles. The molecule has 1 aliphatic carbocycles. The van der Waals surface area contributed by atoms with E-state index >= 15 is 0 Å². The fraction of sp³-hybridized carbons (Fsp3) is 0.578. The van der Waals surface area contributed by atoms with Crippen LogP contribution in [0.2, 0.25) is 36.3 Å². The largest absolute Gasteiger partial charge is 0.497 e. The van der Waals surface area contributed by atoms with Gasteiger partial charge in [0.2, 0.25) is 6.29 Å². The van der Waals surface area contributed by atoms with Crippen LogP contribution in [0.3, 0.4) is 0 Å². The van der Waals surface area contributed by atoms with Crippen LogP contribution in [-0.2, 0) is 39.1 Å². The van der Waals surface area contributed by atoms with Gasteiger partial charge in [-0.2, -0.15) is 0 Å². The predicted octanol–water partition coefficient (Wildman–Crippen LogP) is 7.54. The summed E-state index contributed by atoms with van der Waals surface area (Å²) < 4.78 is 57.3. The molecule has 3 aliphatic rings. The van der Waals surface area contributed by atoms with Crippen molar-refractivity contribution in [3.63, 3.8) is 0 Å². The highest BCUT2D eigenvalue weighted by molar-refractivity contribution is 6.74. The normalized spacial score (nSPS) is 28.6. The summed E-state index contributed by atoms with van der Waals surface area (Å²) in [5, 5.41) is 35.9. The maximum Gasteiger partial charge on any atom is 0.310 e. The van der Waals surface area contributed by atoms with Gasteiger partial charge in [-0.15, -0.1) is 0 Å². The zero-order valence-electron chi connectivity index (χ0n) is 37.2. The van der Waals surface area contributed by atoms with Gasteiger partial charge in [-0.1, -0.05) is 84.0 Å². The summed E-state index contributed by atoms with van der Waals surface area (Å²) >= 11 is 0. The molecular weight excluding hydrogens is 805 g/mol. The molecule has 3 N–H and O–H groups in total. The zero-order valence-corrected chi connectivity index (χ0v) is 39.2. The Balaban J connectivity index is 1.41. The number of hydrogen-bond donors (Lipinski definition) is 3. The fourth-order valence-corrected chi connectivity index (χ4v) is 10.5. The lowest BCUT2D eigenvalue weighted by atomic mass is 9.70. The number of carbonyl (C=O) groups is 1. The van der Waals surface area contributed by atoms with Crippen LogP contribution in [0.1, 0.15) is 64.2 Å². The Labute approximate surface area is 356 Å². The summed E-state index contributed by atoms with van der Waals surface area (Å²) in [7, 11) is -0.0753. The van der Waals surface area contributed by atoms with Crippen LogP contribution in [0.15, 0.2) is 66.7 Å². The maximum atomic E-state index is 13.2. The number of rotatable bonds is 14. The number of carboxylic acids is 1. The highest BCUT2D eigenvalue weighted by Crippen LogP contribution is 2.70. The van der Waals surface area contributed by atoms with E-state index in [2.05, 4.69) is 67.7 Å². The minimum absolute atomic E-state index is 0.0246. The summed E-state index contributed by atoms with van der Waals surface area (Å²) in [6, 6.07) is 18.8. The van der Waals surface area contributed by atoms with Crippen molar-refractivity contribution in [3.8, 4) is 23.0 Å². The van der Waals surface area contributed by atoms with E-state index in [1.54, 1.807) is 60.7 Å². The molecule has 2 fully saturated rings. The van der Waals surface area contributed by atoms with Crippen LogP contribution in [0, 0.1) is 5.92 Å². The van der Waals surface area contributed by atoms with E-state index in [1.165, 1.54) is 21.3 Å². The Morgan fingerprint density at radius 1 is 0.867 bits per heavy atom. The van der Waals surface area contributed by atoms with E-state index in [0.29, 0.717) is 23.5 Å². The summed E-state index contributed by atoms with van der Waals surface area (Å²) in [6.45, 7) is 22.4. The topological polar surface area (TPSA) is 161 Å². The fourth-order valence-electron chi connectivity index (χ4n) is 8.14. The SMILES string of the molecule is COc1ccc(C23Oc4cc(OC5OC(C(CO[Si](C)(C)C(C)(C)C)O[Si](C)(C)C(C)(C)C)COC5OC)cc(OC)c4C2(O)C(O)C(C(=O)O)C3c2ccccc2)cc1. The highest BCUT2D eigenvalue weighted by atomic mass is 28.4. The Morgan fingerprint density at radius 2 is 1.50 bits per heavy atom. The van der Waals surface area contributed by atoms with Crippen molar-refractivity contribution in [2.45, 2.75) is 126 Å². The summed E-state index contributed by atoms with van der Waals surface area (Å²) in [4.78, 5) is 13.1. The molecule has 0 bridgehead atoms. The first-order valence-corrected chi connectivity index (χ1v) is 26.3. The molecule has 3 aromatic carbocycles. The number of hydrogen-bond acceptors (Lipinski definition) is 12. The van der Waals surface area contributed by atoms with Crippen LogP contribution < -0.4 is 18.9 Å². The van der Waals surface area contributed by atoms with Gasteiger partial charge in [-0.3, -0.25) is 4.79 Å².